The molecule has 0 radical (unpaired) electrons. The van der Waals surface area contributed by atoms with Gasteiger partial charge in [-0.05, 0) is 17.9 Å². The zero-order chi connectivity index (χ0) is 20.4. The fraction of sp³-hybridized carbons (Fsp3) is 0.684. The lowest BCUT2D eigenvalue weighted by Gasteiger charge is -2.41. The number of quaternary nitrogens is 1. The molecule has 5 N–H and O–H groups in total. The number of nitrogens with one attached hydrogen (secondary N) is 1. The number of carbonyl (C=O) groups is 1. The van der Waals surface area contributed by atoms with Crippen molar-refractivity contribution in [2.45, 2.75) is 36.5 Å². The third-order valence-electron chi connectivity index (χ3n) is 6.00. The predicted molar refractivity (Wildman–Crippen MR) is 113 cm³/mol. The van der Waals surface area contributed by atoms with Crippen LogP contribution < -0.4 is 10.6 Å². The van der Waals surface area contributed by atoms with E-state index in [2.05, 4.69) is 11.0 Å². The molecule has 3 heterocycles. The Morgan fingerprint density at radius 2 is 2.17 bits per heavy atom. The normalized spacial score (nSPS) is 34.5. The number of thioether (sulfide) groups is 1. The number of nitrogens with two attached hydrogens (primary N) is 1. The molecule has 0 bridgehead atoms. The van der Waals surface area contributed by atoms with Crippen molar-refractivity contribution >= 4 is 34.2 Å². The van der Waals surface area contributed by atoms with Crippen molar-refractivity contribution in [3.63, 3.8) is 0 Å². The summed E-state index contributed by atoms with van der Waals surface area (Å²) in [6.07, 6.45) is -1.69. The van der Waals surface area contributed by atoms with Crippen molar-refractivity contribution in [3.05, 3.63) is 22.4 Å². The number of hydrogen-bond acceptors (Lipinski definition) is 7. The number of thiophene rings is 1. The summed E-state index contributed by atoms with van der Waals surface area (Å²) in [6.45, 7) is 5.79. The molecule has 1 saturated carbocycles. The maximum absolute atomic E-state index is 12.0. The molecule has 1 aromatic rings. The van der Waals surface area contributed by atoms with Crippen molar-refractivity contribution in [1.82, 2.24) is 4.90 Å². The van der Waals surface area contributed by atoms with Gasteiger partial charge in [-0.2, -0.15) is 0 Å². The van der Waals surface area contributed by atoms with Gasteiger partial charge in [-0.1, -0.05) is 17.8 Å². The molecule has 2 aliphatic heterocycles. The van der Waals surface area contributed by atoms with Gasteiger partial charge in [0.15, 0.2) is 5.17 Å². The second-order valence-electron chi connectivity index (χ2n) is 7.86. The number of aliphatic hydroxyl groups is 2. The van der Waals surface area contributed by atoms with Gasteiger partial charge >= 0.3 is 0 Å². The van der Waals surface area contributed by atoms with Crippen LogP contribution in [0.4, 0.5) is 0 Å². The Morgan fingerprint density at radius 3 is 2.86 bits per heavy atom. The number of primary amides is 1. The fourth-order valence-electron chi connectivity index (χ4n) is 4.39. The van der Waals surface area contributed by atoms with Crippen LogP contribution in [-0.4, -0.2) is 89.1 Å². The summed E-state index contributed by atoms with van der Waals surface area (Å²) in [5.41, 5.74) is 5.64. The van der Waals surface area contributed by atoms with E-state index < -0.39 is 24.0 Å². The Bertz CT molecular complexity index is 726. The molecule has 0 unspecified atom stereocenters. The smallest absolute Gasteiger partial charge is 0.221 e. The Balaban J connectivity index is 1.54. The largest absolute Gasteiger partial charge is 0.390 e. The summed E-state index contributed by atoms with van der Waals surface area (Å²) in [6, 6.07) is 3.67. The molecule has 0 spiro atoms. The number of ether oxygens (including phenoxy) is 1. The molecular weight excluding hydrogens is 412 g/mol. The molecule has 10 heteroatoms. The first-order valence-corrected chi connectivity index (χ1v) is 11.9. The van der Waals surface area contributed by atoms with E-state index in [1.54, 1.807) is 11.3 Å². The SMILES string of the molecule is NC(=O)[C@H]1C[C@@H](O)[C@H](O)[C@H]2[C@@H]1SC(=NCC[NH+]1CCOCC1)N2Cc1cccs1. The van der Waals surface area contributed by atoms with E-state index in [1.165, 1.54) is 16.7 Å². The zero-order valence-electron chi connectivity index (χ0n) is 16.3. The number of carbonyl (C=O) groups excluding carboxylic acids is 1. The third kappa shape index (κ3) is 4.62. The summed E-state index contributed by atoms with van der Waals surface area (Å²) in [5, 5.41) is 23.8. The number of morpholine rings is 1. The maximum atomic E-state index is 12.0. The summed E-state index contributed by atoms with van der Waals surface area (Å²) in [4.78, 5) is 21.6. The standard InChI is InChI=1S/C19H28N4O4S2/c20-18(26)13-10-14(24)16(25)15-17(13)29-19(23(15)11-12-2-1-9-28-12)21-3-4-22-5-7-27-8-6-22/h1-2,9,13-17,24-25H,3-8,10-11H2,(H2,20,26)/p+1/t13-,14+,15-,16-,17+/m0/s1. The summed E-state index contributed by atoms with van der Waals surface area (Å²) >= 11 is 3.18. The van der Waals surface area contributed by atoms with Gasteiger partial charge < -0.3 is 30.5 Å². The second kappa shape index (κ2) is 9.32. The highest BCUT2D eigenvalue weighted by atomic mass is 32.2. The first-order valence-electron chi connectivity index (χ1n) is 10.1. The van der Waals surface area contributed by atoms with E-state index in [0.29, 0.717) is 13.1 Å². The third-order valence-corrected chi connectivity index (χ3v) is 8.32. The minimum absolute atomic E-state index is 0.194. The quantitative estimate of drug-likeness (QED) is 0.429. The van der Waals surface area contributed by atoms with Crippen LogP contribution in [0, 0.1) is 5.92 Å². The van der Waals surface area contributed by atoms with Crippen molar-refractivity contribution in [2.75, 3.05) is 39.4 Å². The van der Waals surface area contributed by atoms with Crippen LogP contribution in [0.2, 0.25) is 0 Å². The lowest BCUT2D eigenvalue weighted by atomic mass is 9.80. The second-order valence-corrected chi connectivity index (χ2v) is 10.0. The number of aliphatic hydroxyl groups excluding tert-OH is 2. The van der Waals surface area contributed by atoms with Gasteiger partial charge in [0.05, 0.1) is 50.9 Å². The van der Waals surface area contributed by atoms with E-state index in [0.717, 1.165) is 42.9 Å². The Kier molecular flexibility index (Phi) is 6.77. The minimum atomic E-state index is -0.961. The number of aliphatic imine (C=N–C) groups is 1. The molecular formula is C19H29N4O4S2+. The molecule has 160 valence electrons. The van der Waals surface area contributed by atoms with Crippen LogP contribution >= 0.6 is 23.1 Å². The highest BCUT2D eigenvalue weighted by Crippen LogP contribution is 2.44. The van der Waals surface area contributed by atoms with E-state index in [1.807, 2.05) is 11.4 Å². The van der Waals surface area contributed by atoms with E-state index in [9.17, 15) is 15.0 Å². The van der Waals surface area contributed by atoms with Crippen molar-refractivity contribution in [2.24, 2.45) is 16.6 Å². The van der Waals surface area contributed by atoms with Gasteiger partial charge in [-0.15, -0.1) is 11.3 Å². The van der Waals surface area contributed by atoms with E-state index in [-0.39, 0.29) is 17.7 Å². The number of amides is 1. The van der Waals surface area contributed by atoms with Crippen LogP contribution in [-0.2, 0) is 16.1 Å². The molecule has 3 fully saturated rings. The topological polar surface area (TPSA) is 113 Å². The molecule has 8 nitrogen and oxygen atoms in total. The zero-order valence-corrected chi connectivity index (χ0v) is 17.9. The Morgan fingerprint density at radius 1 is 1.38 bits per heavy atom. The van der Waals surface area contributed by atoms with Gasteiger partial charge in [0.2, 0.25) is 5.91 Å². The number of fused-ring (bicyclic) bond motifs is 1. The van der Waals surface area contributed by atoms with Crippen LogP contribution in [0.1, 0.15) is 11.3 Å². The molecule has 1 aliphatic carbocycles. The fourth-order valence-corrected chi connectivity index (χ4v) is 6.68. The van der Waals surface area contributed by atoms with Crippen molar-refractivity contribution in [3.8, 4) is 0 Å². The first kappa shape index (κ1) is 21.1. The summed E-state index contributed by atoms with van der Waals surface area (Å²) < 4.78 is 5.41. The average Bonchev–Trinajstić information content (AvgIpc) is 3.34. The molecule has 0 aromatic carbocycles. The Hall–Kier alpha value is -1.17. The molecule has 4 rings (SSSR count). The average molecular weight is 442 g/mol. The Labute approximate surface area is 178 Å². The first-order chi connectivity index (χ1) is 14.0. The van der Waals surface area contributed by atoms with Gasteiger partial charge in [0.25, 0.3) is 0 Å². The number of nitrogens with zero attached hydrogens (tertiary/aromatic N) is 2. The summed E-state index contributed by atoms with van der Waals surface area (Å²) in [7, 11) is 0. The lowest BCUT2D eigenvalue weighted by Crippen LogP contribution is -3.14. The maximum Gasteiger partial charge on any atom is 0.221 e. The van der Waals surface area contributed by atoms with Gasteiger partial charge in [-0.25, -0.2) is 0 Å². The van der Waals surface area contributed by atoms with E-state index in [4.69, 9.17) is 15.5 Å². The molecule has 29 heavy (non-hydrogen) atoms. The number of amidine groups is 1. The lowest BCUT2D eigenvalue weighted by molar-refractivity contribution is -0.906. The van der Waals surface area contributed by atoms with Crippen LogP contribution in [0.25, 0.3) is 0 Å². The van der Waals surface area contributed by atoms with Crippen molar-refractivity contribution in [1.29, 1.82) is 0 Å². The van der Waals surface area contributed by atoms with E-state index >= 15 is 0 Å². The highest BCUT2D eigenvalue weighted by Gasteiger charge is 2.54. The van der Waals surface area contributed by atoms with Crippen LogP contribution in [0.15, 0.2) is 22.5 Å². The molecule has 5 atom stereocenters. The number of rotatable bonds is 6. The molecule has 2 saturated heterocycles. The van der Waals surface area contributed by atoms with Crippen LogP contribution in [0.5, 0.6) is 0 Å². The summed E-state index contributed by atoms with van der Waals surface area (Å²) in [5.74, 6) is -0.902. The van der Waals surface area contributed by atoms with Gasteiger partial charge in [0.1, 0.15) is 19.2 Å². The molecule has 1 amide bonds. The molecule has 1 aromatic heterocycles. The molecule has 3 aliphatic rings. The number of hydrogen-bond donors (Lipinski definition) is 4. The van der Waals surface area contributed by atoms with Gasteiger partial charge in [-0.3, -0.25) is 9.79 Å². The van der Waals surface area contributed by atoms with Crippen molar-refractivity contribution < 1.29 is 24.6 Å². The highest BCUT2D eigenvalue weighted by molar-refractivity contribution is 8.14. The minimum Gasteiger partial charge on any atom is -0.390 e. The monoisotopic (exact) mass is 441 g/mol. The van der Waals surface area contributed by atoms with Gasteiger partial charge in [0, 0.05) is 10.1 Å². The predicted octanol–water partition coefficient (Wildman–Crippen LogP) is -1.47. The van der Waals surface area contributed by atoms with Crippen LogP contribution in [0.3, 0.4) is 0 Å².